The predicted molar refractivity (Wildman–Crippen MR) is 136 cm³/mol. The molecule has 7 nitrogen and oxygen atoms in total. The lowest BCUT2D eigenvalue weighted by Crippen LogP contribution is -2.18. The van der Waals surface area contributed by atoms with Crippen LogP contribution in [0.25, 0.3) is 10.9 Å². The van der Waals surface area contributed by atoms with Gasteiger partial charge < -0.3 is 15.0 Å². The number of hydrogen-bond donors (Lipinski definition) is 3. The van der Waals surface area contributed by atoms with Gasteiger partial charge in [0.15, 0.2) is 0 Å². The number of carbonyl (C=O) groups excluding carboxylic acids is 2. The third kappa shape index (κ3) is 5.35. The van der Waals surface area contributed by atoms with E-state index >= 15 is 0 Å². The molecule has 0 bridgehead atoms. The summed E-state index contributed by atoms with van der Waals surface area (Å²) < 4.78 is 15.6. The molecule has 172 valence electrons. The van der Waals surface area contributed by atoms with Crippen molar-refractivity contribution in [2.24, 2.45) is 5.10 Å². The lowest BCUT2D eigenvalue weighted by molar-refractivity contribution is -0.116. The van der Waals surface area contributed by atoms with Gasteiger partial charge in [-0.25, -0.2) is 9.82 Å². The van der Waals surface area contributed by atoms with Crippen LogP contribution in [0.5, 0.6) is 5.75 Å². The van der Waals surface area contributed by atoms with Crippen molar-refractivity contribution >= 4 is 66.5 Å². The minimum atomic E-state index is -0.458. The zero-order valence-electron chi connectivity index (χ0n) is 17.4. The maximum Gasteiger partial charge on any atom is 0.271 e. The fourth-order valence-electron chi connectivity index (χ4n) is 3.32. The van der Waals surface area contributed by atoms with Crippen molar-refractivity contribution < 1.29 is 19.1 Å². The molecule has 0 aliphatic heterocycles. The van der Waals surface area contributed by atoms with Crippen LogP contribution in [0.3, 0.4) is 0 Å². The highest BCUT2D eigenvalue weighted by molar-refractivity contribution is 9.11. The number of halogens is 3. The molecule has 0 saturated heterocycles. The van der Waals surface area contributed by atoms with E-state index in [1.165, 1.54) is 42.6 Å². The number of amides is 2. The van der Waals surface area contributed by atoms with Crippen molar-refractivity contribution in [1.29, 1.82) is 0 Å². The second-order valence-corrected chi connectivity index (χ2v) is 8.98. The fraction of sp³-hybridized carbons (Fsp3) is 0.0417. The van der Waals surface area contributed by atoms with E-state index in [0.717, 1.165) is 10.9 Å². The summed E-state index contributed by atoms with van der Waals surface area (Å²) >= 11 is 6.39. The summed E-state index contributed by atoms with van der Waals surface area (Å²) in [4.78, 5) is 24.9. The van der Waals surface area contributed by atoms with Gasteiger partial charge in [0.05, 0.1) is 15.2 Å². The predicted octanol–water partition coefficient (Wildman–Crippen LogP) is 5.41. The molecule has 0 radical (unpaired) electrons. The third-order valence-electron chi connectivity index (χ3n) is 4.91. The van der Waals surface area contributed by atoms with E-state index in [1.807, 2.05) is 24.3 Å². The van der Waals surface area contributed by atoms with Gasteiger partial charge in [0.2, 0.25) is 5.91 Å². The van der Waals surface area contributed by atoms with Crippen molar-refractivity contribution in [3.05, 3.63) is 92.8 Å². The van der Waals surface area contributed by atoms with E-state index < -0.39 is 5.91 Å². The second kappa shape index (κ2) is 10.2. The van der Waals surface area contributed by atoms with Gasteiger partial charge in [-0.1, -0.05) is 18.2 Å². The van der Waals surface area contributed by atoms with E-state index in [9.17, 15) is 19.1 Å². The van der Waals surface area contributed by atoms with Crippen molar-refractivity contribution in [3.8, 4) is 5.75 Å². The maximum absolute atomic E-state index is 13.1. The number of hydrogen-bond acceptors (Lipinski definition) is 4. The van der Waals surface area contributed by atoms with Crippen LogP contribution in [0.2, 0.25) is 0 Å². The SMILES string of the molecule is O=C(Cn1cc(/C=N/NC(=O)c2cc(Br)c(O)c(Br)c2)c2ccccc21)Nc1ccc(F)cc1. The number of phenols is 1. The Hall–Kier alpha value is -3.50. The number of benzene rings is 3. The summed E-state index contributed by atoms with van der Waals surface area (Å²) in [7, 11) is 0. The third-order valence-corrected chi connectivity index (χ3v) is 6.12. The molecular formula is C24H17Br2FN4O3. The maximum atomic E-state index is 13.1. The first-order valence-electron chi connectivity index (χ1n) is 9.96. The molecule has 0 fully saturated rings. The number of nitrogens with one attached hydrogen (secondary N) is 2. The molecule has 3 N–H and O–H groups in total. The Labute approximate surface area is 210 Å². The molecular weight excluding hydrogens is 571 g/mol. The van der Waals surface area contributed by atoms with Gasteiger partial charge in [0.1, 0.15) is 18.1 Å². The number of nitrogens with zero attached hydrogens (tertiary/aromatic N) is 2. The minimum absolute atomic E-state index is 0.00340. The number of fused-ring (bicyclic) bond motifs is 1. The Balaban J connectivity index is 1.50. The molecule has 0 aliphatic carbocycles. The number of para-hydroxylation sites is 1. The standard InChI is InChI=1S/C24H17Br2FN4O3/c25-19-9-14(10-20(26)23(19)33)24(34)30-28-11-15-12-31(21-4-2-1-3-18(15)21)13-22(32)29-17-7-5-16(27)6-8-17/h1-12,33H,13H2,(H,29,32)(H,30,34)/b28-11+. The van der Waals surface area contributed by atoms with Crippen LogP contribution in [-0.4, -0.2) is 27.7 Å². The first-order valence-corrected chi connectivity index (χ1v) is 11.5. The van der Waals surface area contributed by atoms with Crippen LogP contribution >= 0.6 is 31.9 Å². The van der Waals surface area contributed by atoms with Gasteiger partial charge in [-0.2, -0.15) is 5.10 Å². The second-order valence-electron chi connectivity index (χ2n) is 7.27. The monoisotopic (exact) mass is 586 g/mol. The lowest BCUT2D eigenvalue weighted by atomic mass is 10.2. The molecule has 4 aromatic rings. The van der Waals surface area contributed by atoms with Gasteiger partial charge in [-0.15, -0.1) is 0 Å². The number of aromatic nitrogens is 1. The molecule has 0 spiro atoms. The van der Waals surface area contributed by atoms with E-state index in [0.29, 0.717) is 25.8 Å². The Morgan fingerprint density at radius 1 is 1.06 bits per heavy atom. The average Bonchev–Trinajstić information content (AvgIpc) is 3.16. The topological polar surface area (TPSA) is 95.7 Å². The largest absolute Gasteiger partial charge is 0.506 e. The molecule has 3 aromatic carbocycles. The first-order chi connectivity index (χ1) is 16.3. The van der Waals surface area contributed by atoms with Gasteiger partial charge in [0.25, 0.3) is 5.91 Å². The van der Waals surface area contributed by atoms with Crippen molar-refractivity contribution in [3.63, 3.8) is 0 Å². The number of carbonyl (C=O) groups is 2. The summed E-state index contributed by atoms with van der Waals surface area (Å²) in [6.45, 7) is 0.0354. The Morgan fingerprint density at radius 3 is 2.44 bits per heavy atom. The summed E-state index contributed by atoms with van der Waals surface area (Å²) in [5.74, 6) is -1.11. The van der Waals surface area contributed by atoms with Crippen LogP contribution < -0.4 is 10.7 Å². The zero-order chi connectivity index (χ0) is 24.2. The van der Waals surface area contributed by atoms with Gasteiger partial charge in [-0.05, 0) is 74.3 Å². The molecule has 1 heterocycles. The smallest absolute Gasteiger partial charge is 0.271 e. The molecule has 4 rings (SSSR count). The molecule has 0 aliphatic rings. The minimum Gasteiger partial charge on any atom is -0.506 e. The molecule has 0 saturated carbocycles. The van der Waals surface area contributed by atoms with Crippen molar-refractivity contribution in [2.75, 3.05) is 5.32 Å². The quantitative estimate of drug-likeness (QED) is 0.208. The van der Waals surface area contributed by atoms with E-state index in [1.54, 1.807) is 10.8 Å². The average molecular weight is 588 g/mol. The van der Waals surface area contributed by atoms with E-state index in [4.69, 9.17) is 0 Å². The van der Waals surface area contributed by atoms with Crippen LogP contribution in [0.1, 0.15) is 15.9 Å². The first kappa shape index (κ1) is 23.7. The number of phenolic OH excluding ortho intramolecular Hbond substituents is 1. The number of aromatic hydroxyl groups is 1. The van der Waals surface area contributed by atoms with E-state index in [-0.39, 0.29) is 24.0 Å². The molecule has 2 amide bonds. The van der Waals surface area contributed by atoms with Crippen LogP contribution in [0, 0.1) is 5.82 Å². The Morgan fingerprint density at radius 2 is 1.74 bits per heavy atom. The van der Waals surface area contributed by atoms with E-state index in [2.05, 4.69) is 47.7 Å². The zero-order valence-corrected chi connectivity index (χ0v) is 20.6. The highest BCUT2D eigenvalue weighted by Gasteiger charge is 2.13. The summed E-state index contributed by atoms with van der Waals surface area (Å²) in [6.07, 6.45) is 3.26. The molecule has 0 atom stereocenters. The molecule has 1 aromatic heterocycles. The van der Waals surface area contributed by atoms with Crippen LogP contribution in [-0.2, 0) is 11.3 Å². The fourth-order valence-corrected chi connectivity index (χ4v) is 4.51. The van der Waals surface area contributed by atoms with Crippen molar-refractivity contribution in [2.45, 2.75) is 6.54 Å². The van der Waals surface area contributed by atoms with Crippen LogP contribution in [0.15, 0.2) is 80.9 Å². The summed E-state index contributed by atoms with van der Waals surface area (Å²) in [6, 6.07) is 16.0. The molecule has 0 unspecified atom stereocenters. The lowest BCUT2D eigenvalue weighted by Gasteiger charge is -2.07. The highest BCUT2D eigenvalue weighted by atomic mass is 79.9. The van der Waals surface area contributed by atoms with Gasteiger partial charge in [0, 0.05) is 33.9 Å². The number of hydrazone groups is 1. The molecule has 34 heavy (non-hydrogen) atoms. The molecule has 10 heteroatoms. The Kier molecular flexibility index (Phi) is 7.09. The van der Waals surface area contributed by atoms with Gasteiger partial charge in [-0.3, -0.25) is 9.59 Å². The van der Waals surface area contributed by atoms with Gasteiger partial charge >= 0.3 is 0 Å². The normalized spacial score (nSPS) is 11.1. The van der Waals surface area contributed by atoms with Crippen LogP contribution in [0.4, 0.5) is 10.1 Å². The highest BCUT2D eigenvalue weighted by Crippen LogP contribution is 2.33. The number of rotatable bonds is 6. The number of anilines is 1. The Bertz CT molecular complexity index is 1390. The summed E-state index contributed by atoms with van der Waals surface area (Å²) in [5.41, 5.74) is 4.78. The summed E-state index contributed by atoms with van der Waals surface area (Å²) in [5, 5.41) is 17.4. The van der Waals surface area contributed by atoms with Crippen molar-refractivity contribution in [1.82, 2.24) is 9.99 Å².